The van der Waals surface area contributed by atoms with Crippen LogP contribution in [0, 0.1) is 0 Å². The Hall–Kier alpha value is -2.85. The van der Waals surface area contributed by atoms with E-state index >= 15 is 0 Å². The molecular weight excluding hydrogens is 562 g/mol. The lowest BCUT2D eigenvalue weighted by Gasteiger charge is -2.50. The van der Waals surface area contributed by atoms with Gasteiger partial charge in [-0.3, -0.25) is 19.5 Å². The first-order valence-electron chi connectivity index (χ1n) is 10.9. The fourth-order valence-electron chi connectivity index (χ4n) is 4.02. The smallest absolute Gasteiger partial charge is 0.353 e. The highest BCUT2D eigenvalue weighted by Crippen LogP contribution is 2.44. The summed E-state index contributed by atoms with van der Waals surface area (Å²) in [6, 6.07) is 0.248. The molecule has 0 radical (unpaired) electrons. The summed E-state index contributed by atoms with van der Waals surface area (Å²) < 4.78 is 0.0503. The summed E-state index contributed by atoms with van der Waals surface area (Å²) in [6.07, 6.45) is 4.19. The number of β-lactam (4-membered cyclic amide) rings is 1. The number of carboxylic acids is 1. The highest BCUT2D eigenvalue weighted by Gasteiger charge is 2.54. The zero-order chi connectivity index (χ0) is 26.7. The number of hydrogen-bond donors (Lipinski definition) is 5. The zero-order valence-electron chi connectivity index (χ0n) is 19.1. The molecule has 0 aromatic carbocycles. The summed E-state index contributed by atoms with van der Waals surface area (Å²) in [5.74, 6) is -1.25. The maximum Gasteiger partial charge on any atom is 0.353 e. The molecule has 37 heavy (non-hydrogen) atoms. The number of nitrogens with two attached hydrogens (primary N) is 2. The van der Waals surface area contributed by atoms with Crippen LogP contribution in [-0.2, 0) is 20.1 Å². The van der Waals surface area contributed by atoms with Crippen molar-refractivity contribution in [2.45, 2.75) is 35.6 Å². The lowest BCUT2D eigenvalue weighted by Crippen LogP contribution is -2.72. The number of aromatic nitrogens is 2. The number of nitrogens with one attached hydrogen (secondary N) is 1. The van der Waals surface area contributed by atoms with Gasteiger partial charge in [-0.15, -0.1) is 0 Å². The monoisotopic (exact) mass is 583 g/mol. The number of carbonyl (C=O) groups is 3. The van der Waals surface area contributed by atoms with Crippen molar-refractivity contribution in [1.29, 1.82) is 0 Å². The minimum Gasteiger partial charge on any atom is -0.477 e. The Morgan fingerprint density at radius 3 is 2.84 bits per heavy atom. The third-order valence-electron chi connectivity index (χ3n) is 5.63. The summed E-state index contributed by atoms with van der Waals surface area (Å²) >= 11 is 9.86. The average Bonchev–Trinajstić information content (AvgIpc) is 3.20. The molecule has 0 bridgehead atoms. The van der Waals surface area contributed by atoms with Crippen molar-refractivity contribution in [3.05, 3.63) is 44.7 Å². The molecule has 12 nitrogen and oxygen atoms in total. The Bertz CT molecular complexity index is 1300. The number of carboxylic acid groups (broad SMARTS) is 1. The molecule has 2 aliphatic heterocycles. The summed E-state index contributed by atoms with van der Waals surface area (Å²) in [6.45, 7) is 0.550. The number of rotatable bonds is 10. The van der Waals surface area contributed by atoms with Crippen LogP contribution in [-0.4, -0.2) is 73.1 Å². The third-order valence-corrected chi connectivity index (χ3v) is 9.02. The second kappa shape index (κ2) is 11.7. The van der Waals surface area contributed by atoms with Gasteiger partial charge in [0.15, 0.2) is 10.8 Å². The Morgan fingerprint density at radius 1 is 1.41 bits per heavy atom. The van der Waals surface area contributed by atoms with E-state index in [1.165, 1.54) is 16.7 Å². The zero-order valence-corrected chi connectivity index (χ0v) is 22.3. The molecule has 1 fully saturated rings. The fraction of sp³-hybridized carbons (Fsp3) is 0.333. The van der Waals surface area contributed by atoms with Gasteiger partial charge in [0.05, 0.1) is 6.04 Å². The number of aliphatic carboxylic acids is 1. The molecule has 196 valence electrons. The van der Waals surface area contributed by atoms with Gasteiger partial charge in [-0.05, 0) is 24.5 Å². The van der Waals surface area contributed by atoms with E-state index in [2.05, 4.69) is 20.4 Å². The van der Waals surface area contributed by atoms with Crippen molar-refractivity contribution in [1.82, 2.24) is 20.2 Å². The van der Waals surface area contributed by atoms with Gasteiger partial charge in [0.1, 0.15) is 21.8 Å². The van der Waals surface area contributed by atoms with E-state index in [0.29, 0.717) is 30.0 Å². The molecule has 1 unspecified atom stereocenters. The molecule has 2 aromatic rings. The van der Waals surface area contributed by atoms with Crippen LogP contribution in [0.4, 0.5) is 5.13 Å². The Morgan fingerprint density at radius 2 is 2.19 bits per heavy atom. The predicted octanol–water partition coefficient (Wildman–Crippen LogP) is 1.72. The van der Waals surface area contributed by atoms with Crippen molar-refractivity contribution in [3.8, 4) is 0 Å². The van der Waals surface area contributed by atoms with Crippen molar-refractivity contribution in [2.75, 3.05) is 18.0 Å². The third kappa shape index (κ3) is 5.55. The largest absolute Gasteiger partial charge is 0.477 e. The number of fused-ring (bicyclic) bond motifs is 1. The van der Waals surface area contributed by atoms with Gasteiger partial charge in [-0.2, -0.15) is 11.8 Å². The summed E-state index contributed by atoms with van der Waals surface area (Å²) in [5.41, 5.74) is 11.4. The van der Waals surface area contributed by atoms with E-state index < -0.39 is 35.6 Å². The number of amides is 2. The Labute approximate surface area is 228 Å². The highest BCUT2D eigenvalue weighted by atomic mass is 35.5. The number of thioether (sulfide) groups is 2. The summed E-state index contributed by atoms with van der Waals surface area (Å²) in [7, 11) is 0. The standard InChI is InChI=1S/C21H22ClN7O5S3/c22-17-14(27-21(24)37-17)15(28-34)18(30)26-13-10-1-2-12(16(20(32)33)29(10)19(13)31)36-11-3-5-25-7-9(11)8-35-6-4-23/h3,5,7,10,13,34H,1-2,4,6,8,23H2,(H2,24,27)(H,26,30)(H,32,33)/t10?,13-/m1/s1. The SMILES string of the molecule is NCCSCc1cnccc1SC1=C(C(=O)O)N2C(=O)[C@H](NC(=O)C(=NO)c3nc(N)sc3Cl)C2CC1. The van der Waals surface area contributed by atoms with Crippen LogP contribution in [0.3, 0.4) is 0 Å². The molecule has 2 amide bonds. The minimum atomic E-state index is -1.24. The molecule has 4 rings (SSSR count). The number of pyridine rings is 1. The number of oxime groups is 1. The maximum absolute atomic E-state index is 13.0. The van der Waals surface area contributed by atoms with Crippen molar-refractivity contribution >= 4 is 75.1 Å². The van der Waals surface area contributed by atoms with Crippen LogP contribution in [0.25, 0.3) is 0 Å². The van der Waals surface area contributed by atoms with Crippen LogP contribution in [0.2, 0.25) is 4.34 Å². The second-order valence-electron chi connectivity index (χ2n) is 7.89. The first-order chi connectivity index (χ1) is 17.8. The highest BCUT2D eigenvalue weighted by molar-refractivity contribution is 8.03. The van der Waals surface area contributed by atoms with Crippen molar-refractivity contribution < 1.29 is 24.7 Å². The first-order valence-corrected chi connectivity index (χ1v) is 14.1. The van der Waals surface area contributed by atoms with Gasteiger partial charge in [-0.25, -0.2) is 9.78 Å². The molecule has 2 atom stereocenters. The predicted molar refractivity (Wildman–Crippen MR) is 142 cm³/mol. The van der Waals surface area contributed by atoms with Crippen LogP contribution < -0.4 is 16.8 Å². The number of anilines is 1. The number of carbonyl (C=O) groups excluding carboxylic acids is 2. The van der Waals surface area contributed by atoms with Crippen LogP contribution in [0.1, 0.15) is 24.1 Å². The normalized spacial score (nSPS) is 19.5. The average molecular weight is 584 g/mol. The number of thiazole rings is 1. The van der Waals surface area contributed by atoms with Gasteiger partial charge < -0.3 is 27.1 Å². The lowest BCUT2D eigenvalue weighted by molar-refractivity contribution is -0.155. The van der Waals surface area contributed by atoms with Gasteiger partial charge in [0.2, 0.25) is 0 Å². The fourth-order valence-corrected chi connectivity index (χ4v) is 6.95. The van der Waals surface area contributed by atoms with Crippen LogP contribution >= 0.6 is 46.5 Å². The van der Waals surface area contributed by atoms with Crippen LogP contribution in [0.15, 0.2) is 39.1 Å². The maximum atomic E-state index is 13.0. The minimum absolute atomic E-state index is 0.0503. The van der Waals surface area contributed by atoms with Crippen LogP contribution in [0.5, 0.6) is 0 Å². The summed E-state index contributed by atoms with van der Waals surface area (Å²) in [4.78, 5) is 48.7. The molecule has 16 heteroatoms. The van der Waals surface area contributed by atoms with Gasteiger partial charge in [0, 0.05) is 40.2 Å². The number of halogens is 1. The van der Waals surface area contributed by atoms with Gasteiger partial charge >= 0.3 is 5.97 Å². The number of nitrogen functional groups attached to an aromatic ring is 1. The molecule has 0 aliphatic carbocycles. The van der Waals surface area contributed by atoms with E-state index in [0.717, 1.165) is 27.5 Å². The topological polar surface area (TPSA) is 197 Å². The van der Waals surface area contributed by atoms with Gasteiger partial charge in [-0.1, -0.05) is 39.9 Å². The molecule has 0 saturated carbocycles. The van der Waals surface area contributed by atoms with E-state index in [-0.39, 0.29) is 20.9 Å². The molecule has 1 saturated heterocycles. The van der Waals surface area contributed by atoms with Crippen molar-refractivity contribution in [3.63, 3.8) is 0 Å². The lowest BCUT2D eigenvalue weighted by atomic mass is 9.86. The van der Waals surface area contributed by atoms with E-state index in [4.69, 9.17) is 23.1 Å². The molecule has 2 aromatic heterocycles. The number of hydrogen-bond acceptors (Lipinski definition) is 12. The summed E-state index contributed by atoms with van der Waals surface area (Å²) in [5, 5.41) is 24.9. The number of allylic oxidation sites excluding steroid dienone is 1. The number of nitrogens with zero attached hydrogens (tertiary/aromatic N) is 4. The van der Waals surface area contributed by atoms with E-state index in [9.17, 15) is 24.7 Å². The second-order valence-corrected chi connectivity index (χ2v) is 11.8. The molecule has 4 heterocycles. The first kappa shape index (κ1) is 27.2. The van der Waals surface area contributed by atoms with E-state index in [1.807, 2.05) is 6.07 Å². The molecule has 7 N–H and O–H groups in total. The Kier molecular flexibility index (Phi) is 8.59. The Balaban J connectivity index is 1.52. The quantitative estimate of drug-likeness (QED) is 0.0897. The molecule has 2 aliphatic rings. The van der Waals surface area contributed by atoms with Crippen molar-refractivity contribution in [2.24, 2.45) is 10.9 Å². The molecule has 0 spiro atoms. The van der Waals surface area contributed by atoms with E-state index in [1.54, 1.807) is 24.2 Å². The molecular formula is C21H22ClN7O5S3. The van der Waals surface area contributed by atoms with Gasteiger partial charge in [0.25, 0.3) is 11.8 Å².